The molecule has 1 atom stereocenters. The van der Waals surface area contributed by atoms with Gasteiger partial charge in [-0.05, 0) is 55.4 Å². The quantitative estimate of drug-likeness (QED) is 0.805. The molecule has 0 spiro atoms. The molecule has 106 valence electrons. The SMILES string of the molecule is Cc1cc(C(O)CCCc2ccccc2)cc(C)c1Br. The summed E-state index contributed by atoms with van der Waals surface area (Å²) < 4.78 is 1.14. The van der Waals surface area contributed by atoms with Gasteiger partial charge in [-0.3, -0.25) is 0 Å². The number of aliphatic hydroxyl groups is 1. The summed E-state index contributed by atoms with van der Waals surface area (Å²) in [6.07, 6.45) is 2.45. The largest absolute Gasteiger partial charge is 0.388 e. The van der Waals surface area contributed by atoms with E-state index in [1.54, 1.807) is 0 Å². The first-order valence-corrected chi connectivity index (χ1v) is 7.86. The van der Waals surface area contributed by atoms with Gasteiger partial charge in [0, 0.05) is 4.47 Å². The zero-order chi connectivity index (χ0) is 14.5. The summed E-state index contributed by atoms with van der Waals surface area (Å²) in [7, 11) is 0. The molecule has 2 aromatic carbocycles. The second kappa shape index (κ2) is 7.05. The first-order valence-electron chi connectivity index (χ1n) is 7.06. The highest BCUT2D eigenvalue weighted by Gasteiger charge is 2.10. The van der Waals surface area contributed by atoms with Gasteiger partial charge in [-0.1, -0.05) is 58.4 Å². The normalized spacial score (nSPS) is 12.4. The molecule has 0 aliphatic rings. The Labute approximate surface area is 129 Å². The van der Waals surface area contributed by atoms with Crippen molar-refractivity contribution in [1.82, 2.24) is 0 Å². The van der Waals surface area contributed by atoms with E-state index in [-0.39, 0.29) is 6.10 Å². The molecule has 0 heterocycles. The maximum Gasteiger partial charge on any atom is 0.0790 e. The van der Waals surface area contributed by atoms with Gasteiger partial charge < -0.3 is 5.11 Å². The van der Waals surface area contributed by atoms with Crippen molar-refractivity contribution in [2.24, 2.45) is 0 Å². The second-order valence-corrected chi connectivity index (χ2v) is 6.16. The summed E-state index contributed by atoms with van der Waals surface area (Å²) in [6, 6.07) is 14.6. The number of hydrogen-bond acceptors (Lipinski definition) is 1. The van der Waals surface area contributed by atoms with Crippen LogP contribution in [0.4, 0.5) is 0 Å². The van der Waals surface area contributed by atoms with Crippen LogP contribution in [-0.2, 0) is 6.42 Å². The predicted octanol–water partition coefficient (Wildman–Crippen LogP) is 5.12. The Hall–Kier alpha value is -1.12. The van der Waals surface area contributed by atoms with E-state index in [4.69, 9.17) is 0 Å². The second-order valence-electron chi connectivity index (χ2n) is 5.36. The van der Waals surface area contributed by atoms with E-state index in [1.807, 2.05) is 6.07 Å². The summed E-state index contributed by atoms with van der Waals surface area (Å²) in [5.41, 5.74) is 4.73. The van der Waals surface area contributed by atoms with E-state index >= 15 is 0 Å². The molecular weight excluding hydrogens is 312 g/mol. The topological polar surface area (TPSA) is 20.2 Å². The molecular formula is C18H21BrO. The molecule has 0 bridgehead atoms. The minimum Gasteiger partial charge on any atom is -0.388 e. The maximum absolute atomic E-state index is 10.3. The van der Waals surface area contributed by atoms with Crippen molar-refractivity contribution in [2.75, 3.05) is 0 Å². The third kappa shape index (κ3) is 3.94. The first kappa shape index (κ1) is 15.3. The molecule has 1 unspecified atom stereocenters. The van der Waals surface area contributed by atoms with Crippen LogP contribution in [0.2, 0.25) is 0 Å². The molecule has 20 heavy (non-hydrogen) atoms. The van der Waals surface area contributed by atoms with Gasteiger partial charge in [0.2, 0.25) is 0 Å². The van der Waals surface area contributed by atoms with E-state index < -0.39 is 0 Å². The van der Waals surface area contributed by atoms with Crippen LogP contribution in [0.25, 0.3) is 0 Å². The van der Waals surface area contributed by atoms with Gasteiger partial charge in [0.15, 0.2) is 0 Å². The van der Waals surface area contributed by atoms with E-state index in [2.05, 4.69) is 66.2 Å². The third-order valence-corrected chi connectivity index (χ3v) is 4.88. The highest BCUT2D eigenvalue weighted by molar-refractivity contribution is 9.10. The molecule has 0 aliphatic carbocycles. The predicted molar refractivity (Wildman–Crippen MR) is 88.0 cm³/mol. The lowest BCUT2D eigenvalue weighted by atomic mass is 9.98. The van der Waals surface area contributed by atoms with Crippen LogP contribution in [0.1, 0.15) is 41.2 Å². The Kier molecular flexibility index (Phi) is 5.38. The van der Waals surface area contributed by atoms with Gasteiger partial charge in [0.1, 0.15) is 0 Å². The Morgan fingerprint density at radius 1 is 1.05 bits per heavy atom. The number of aryl methyl sites for hydroxylation is 3. The van der Waals surface area contributed by atoms with Crippen LogP contribution in [-0.4, -0.2) is 5.11 Å². The molecule has 2 rings (SSSR count). The van der Waals surface area contributed by atoms with Gasteiger partial charge in [-0.2, -0.15) is 0 Å². The van der Waals surface area contributed by atoms with Crippen molar-refractivity contribution in [3.63, 3.8) is 0 Å². The van der Waals surface area contributed by atoms with Crippen LogP contribution in [0.5, 0.6) is 0 Å². The molecule has 1 nitrogen and oxygen atoms in total. The molecule has 2 aromatic rings. The number of benzene rings is 2. The summed E-state index contributed by atoms with van der Waals surface area (Å²) in [6.45, 7) is 4.13. The van der Waals surface area contributed by atoms with Gasteiger partial charge in [-0.15, -0.1) is 0 Å². The first-order chi connectivity index (χ1) is 9.58. The van der Waals surface area contributed by atoms with Crippen molar-refractivity contribution in [3.8, 4) is 0 Å². The smallest absolute Gasteiger partial charge is 0.0790 e. The molecule has 0 aromatic heterocycles. The average molecular weight is 333 g/mol. The van der Waals surface area contributed by atoms with Crippen LogP contribution in [0, 0.1) is 13.8 Å². The zero-order valence-electron chi connectivity index (χ0n) is 12.1. The number of hydrogen-bond donors (Lipinski definition) is 1. The Morgan fingerprint density at radius 2 is 1.65 bits per heavy atom. The molecule has 2 heteroatoms. The highest BCUT2D eigenvalue weighted by Crippen LogP contribution is 2.27. The van der Waals surface area contributed by atoms with Crippen LogP contribution in [0.15, 0.2) is 46.9 Å². The average Bonchev–Trinajstić information content (AvgIpc) is 2.45. The van der Waals surface area contributed by atoms with E-state index in [0.717, 1.165) is 29.3 Å². The fourth-order valence-electron chi connectivity index (χ4n) is 2.48. The van der Waals surface area contributed by atoms with Gasteiger partial charge in [0.25, 0.3) is 0 Å². The zero-order valence-corrected chi connectivity index (χ0v) is 13.7. The van der Waals surface area contributed by atoms with Crippen molar-refractivity contribution in [2.45, 2.75) is 39.2 Å². The molecule has 0 saturated heterocycles. The van der Waals surface area contributed by atoms with Crippen molar-refractivity contribution >= 4 is 15.9 Å². The van der Waals surface area contributed by atoms with Gasteiger partial charge in [0.05, 0.1) is 6.10 Å². The van der Waals surface area contributed by atoms with Gasteiger partial charge >= 0.3 is 0 Å². The Balaban J connectivity index is 1.93. The molecule has 0 amide bonds. The maximum atomic E-state index is 10.3. The lowest BCUT2D eigenvalue weighted by Gasteiger charge is -2.14. The van der Waals surface area contributed by atoms with Crippen molar-refractivity contribution in [1.29, 1.82) is 0 Å². The lowest BCUT2D eigenvalue weighted by Crippen LogP contribution is -2.00. The number of aliphatic hydroxyl groups excluding tert-OH is 1. The summed E-state index contributed by atoms with van der Waals surface area (Å²) in [4.78, 5) is 0. The van der Waals surface area contributed by atoms with E-state index in [9.17, 15) is 5.11 Å². The Bertz CT molecular complexity index is 540. The third-order valence-electron chi connectivity index (χ3n) is 3.63. The number of halogens is 1. The van der Waals surface area contributed by atoms with Crippen molar-refractivity contribution in [3.05, 3.63) is 69.2 Å². The standard InChI is InChI=1S/C18H21BrO/c1-13-11-16(12-14(2)18(13)19)17(20)10-6-9-15-7-4-3-5-8-15/h3-5,7-8,11-12,17,20H,6,9-10H2,1-2H3. The summed E-state index contributed by atoms with van der Waals surface area (Å²) in [5.74, 6) is 0. The molecule has 1 N–H and O–H groups in total. The van der Waals surface area contributed by atoms with Crippen LogP contribution >= 0.6 is 15.9 Å². The summed E-state index contributed by atoms with van der Waals surface area (Å²) in [5, 5.41) is 10.3. The highest BCUT2D eigenvalue weighted by atomic mass is 79.9. The van der Waals surface area contributed by atoms with E-state index in [0.29, 0.717) is 0 Å². The lowest BCUT2D eigenvalue weighted by molar-refractivity contribution is 0.164. The molecule has 0 radical (unpaired) electrons. The minimum atomic E-state index is -0.371. The molecule has 0 fully saturated rings. The monoisotopic (exact) mass is 332 g/mol. The Morgan fingerprint density at radius 3 is 2.25 bits per heavy atom. The summed E-state index contributed by atoms with van der Waals surface area (Å²) >= 11 is 3.56. The van der Waals surface area contributed by atoms with Crippen LogP contribution in [0.3, 0.4) is 0 Å². The fourth-order valence-corrected chi connectivity index (χ4v) is 2.71. The van der Waals surface area contributed by atoms with Gasteiger partial charge in [-0.25, -0.2) is 0 Å². The van der Waals surface area contributed by atoms with E-state index in [1.165, 1.54) is 16.7 Å². The molecule has 0 aliphatic heterocycles. The van der Waals surface area contributed by atoms with Crippen LogP contribution < -0.4 is 0 Å². The van der Waals surface area contributed by atoms with Crippen molar-refractivity contribution < 1.29 is 5.11 Å². The number of rotatable bonds is 5. The minimum absolute atomic E-state index is 0.371. The molecule has 0 saturated carbocycles. The fraction of sp³-hybridized carbons (Fsp3) is 0.333.